The van der Waals surface area contributed by atoms with Gasteiger partial charge in [-0.1, -0.05) is 12.1 Å². The molecular formula is C20H16N4O6. The largest absolute Gasteiger partial charge is 0.507 e. The van der Waals surface area contributed by atoms with Gasteiger partial charge in [0.15, 0.2) is 17.3 Å². The molecule has 0 atom stereocenters. The second-order valence-electron chi connectivity index (χ2n) is 6.14. The molecule has 10 heteroatoms. The second kappa shape index (κ2) is 8.32. The zero-order valence-corrected chi connectivity index (χ0v) is 16.0. The van der Waals surface area contributed by atoms with Gasteiger partial charge in [-0.3, -0.25) is 10.1 Å². The molecule has 3 aromatic rings. The van der Waals surface area contributed by atoms with Crippen LogP contribution in [0.1, 0.15) is 16.2 Å². The van der Waals surface area contributed by atoms with Crippen molar-refractivity contribution in [3.63, 3.8) is 0 Å². The lowest BCUT2D eigenvalue weighted by molar-refractivity contribution is -0.385. The summed E-state index contributed by atoms with van der Waals surface area (Å²) in [4.78, 5) is 26.5. The number of hydrogen-bond donors (Lipinski definition) is 1. The highest BCUT2D eigenvalue weighted by molar-refractivity contribution is 5.90. The van der Waals surface area contributed by atoms with E-state index in [2.05, 4.69) is 9.72 Å². The molecule has 0 unspecified atom stereocenters. The number of nitro benzene ring substituents is 1. The number of carbonyl (C=O) groups is 1. The number of para-hydroxylation sites is 2. The molecule has 0 aliphatic carbocycles. The minimum absolute atomic E-state index is 0.0197. The van der Waals surface area contributed by atoms with E-state index in [4.69, 9.17) is 4.74 Å². The first kappa shape index (κ1) is 20.3. The number of imidazole rings is 1. The number of aromatic nitrogens is 2. The van der Waals surface area contributed by atoms with Crippen LogP contribution in [0.5, 0.6) is 5.75 Å². The van der Waals surface area contributed by atoms with Gasteiger partial charge in [0, 0.05) is 13.1 Å². The molecule has 0 fully saturated rings. The van der Waals surface area contributed by atoms with Gasteiger partial charge in [-0.2, -0.15) is 5.26 Å². The summed E-state index contributed by atoms with van der Waals surface area (Å²) in [5, 5.41) is 31.3. The van der Waals surface area contributed by atoms with Crippen LogP contribution >= 0.6 is 0 Å². The number of hydrogen-bond acceptors (Lipinski definition) is 8. The summed E-state index contributed by atoms with van der Waals surface area (Å²) < 4.78 is 11.6. The molecule has 0 spiro atoms. The van der Waals surface area contributed by atoms with E-state index in [0.29, 0.717) is 5.52 Å². The number of nitriles is 1. The van der Waals surface area contributed by atoms with Gasteiger partial charge in [0.05, 0.1) is 28.6 Å². The summed E-state index contributed by atoms with van der Waals surface area (Å²) in [5.41, 5.74) is 0.789. The fourth-order valence-corrected chi connectivity index (χ4v) is 2.86. The topological polar surface area (TPSA) is 141 Å². The zero-order chi connectivity index (χ0) is 21.8. The molecular weight excluding hydrogens is 392 g/mol. The van der Waals surface area contributed by atoms with Crippen molar-refractivity contribution in [3.8, 4) is 11.8 Å². The number of nitro groups is 1. The maximum absolute atomic E-state index is 11.6. The third kappa shape index (κ3) is 3.77. The Balaban J connectivity index is 1.92. The average Bonchev–Trinajstić information content (AvgIpc) is 3.08. The van der Waals surface area contributed by atoms with Crippen molar-refractivity contribution in [2.75, 3.05) is 13.7 Å². The Morgan fingerprint density at radius 2 is 2.07 bits per heavy atom. The number of methoxy groups -OCH3 is 1. The highest BCUT2D eigenvalue weighted by Gasteiger charge is 2.21. The molecule has 10 nitrogen and oxygen atoms in total. The molecule has 1 N–H and O–H groups in total. The monoisotopic (exact) mass is 408 g/mol. The highest BCUT2D eigenvalue weighted by Crippen LogP contribution is 2.29. The first-order valence-corrected chi connectivity index (χ1v) is 8.61. The Morgan fingerprint density at radius 1 is 1.33 bits per heavy atom. The van der Waals surface area contributed by atoms with E-state index in [9.17, 15) is 25.3 Å². The van der Waals surface area contributed by atoms with Gasteiger partial charge in [-0.25, -0.2) is 9.78 Å². The Bertz CT molecular complexity index is 1220. The minimum Gasteiger partial charge on any atom is -0.507 e. The number of ether oxygens (including phenoxy) is 2. The van der Waals surface area contributed by atoms with Crippen LogP contribution in [0.15, 0.2) is 48.2 Å². The third-order valence-corrected chi connectivity index (χ3v) is 4.35. The standard InChI is InChI=1S/C20H16N4O6/c1-23-15-6-4-3-5-14(15)22-19(23)13(10-21)17(25)11-30-18-8-7-12(20(26)29-2)9-16(18)24(27)28/h3-9,25H,11H2,1-2H3/b17-13-. The molecule has 0 aliphatic heterocycles. The Labute approximate surface area is 170 Å². The van der Waals surface area contributed by atoms with Crippen molar-refractivity contribution in [3.05, 3.63) is 69.7 Å². The number of allylic oxidation sites excluding steroid dienone is 1. The van der Waals surface area contributed by atoms with Gasteiger partial charge in [-0.15, -0.1) is 0 Å². The lowest BCUT2D eigenvalue weighted by atomic mass is 10.2. The molecule has 152 valence electrons. The van der Waals surface area contributed by atoms with Crippen molar-refractivity contribution in [1.29, 1.82) is 5.26 Å². The van der Waals surface area contributed by atoms with Crippen molar-refractivity contribution >= 4 is 28.3 Å². The number of nitrogens with zero attached hydrogens (tertiary/aromatic N) is 4. The SMILES string of the molecule is COC(=O)c1ccc(OC/C(O)=C(\C#N)c2nc3ccccc3n2C)c([N+](=O)[O-])c1. The predicted molar refractivity (Wildman–Crippen MR) is 106 cm³/mol. The number of rotatable bonds is 6. The molecule has 0 bridgehead atoms. The van der Waals surface area contributed by atoms with E-state index in [1.807, 2.05) is 18.2 Å². The molecule has 0 amide bonds. The van der Waals surface area contributed by atoms with Gasteiger partial charge < -0.3 is 19.1 Å². The van der Waals surface area contributed by atoms with E-state index >= 15 is 0 Å². The van der Waals surface area contributed by atoms with Crippen molar-refractivity contribution in [2.45, 2.75) is 0 Å². The molecule has 0 saturated heterocycles. The molecule has 0 aliphatic rings. The van der Waals surface area contributed by atoms with Crippen molar-refractivity contribution < 1.29 is 24.3 Å². The lowest BCUT2D eigenvalue weighted by Crippen LogP contribution is -2.08. The van der Waals surface area contributed by atoms with Crippen LogP contribution < -0.4 is 4.74 Å². The number of fused-ring (bicyclic) bond motifs is 1. The second-order valence-corrected chi connectivity index (χ2v) is 6.14. The number of benzene rings is 2. The molecule has 30 heavy (non-hydrogen) atoms. The quantitative estimate of drug-likeness (QED) is 0.216. The normalized spacial score (nSPS) is 11.5. The Morgan fingerprint density at radius 3 is 2.70 bits per heavy atom. The van der Waals surface area contributed by atoms with E-state index in [1.54, 1.807) is 23.7 Å². The molecule has 1 heterocycles. The Hall–Kier alpha value is -4.39. The molecule has 2 aromatic carbocycles. The maximum atomic E-state index is 11.6. The van der Waals surface area contributed by atoms with Crippen molar-refractivity contribution in [2.24, 2.45) is 7.05 Å². The molecule has 1 aromatic heterocycles. The first-order chi connectivity index (χ1) is 14.4. The highest BCUT2D eigenvalue weighted by atomic mass is 16.6. The fraction of sp³-hybridized carbons (Fsp3) is 0.150. The minimum atomic E-state index is -0.735. The van der Waals surface area contributed by atoms with E-state index in [1.165, 1.54) is 12.1 Å². The maximum Gasteiger partial charge on any atom is 0.338 e. The number of esters is 1. The van der Waals surface area contributed by atoms with Crippen LogP contribution in [-0.4, -0.2) is 39.3 Å². The summed E-state index contributed by atoms with van der Waals surface area (Å²) >= 11 is 0. The van der Waals surface area contributed by atoms with Gasteiger partial charge in [-0.05, 0) is 24.3 Å². The van der Waals surface area contributed by atoms with E-state index in [-0.39, 0.29) is 22.7 Å². The summed E-state index contributed by atoms with van der Waals surface area (Å²) in [6.07, 6.45) is 0. The molecule has 0 radical (unpaired) electrons. The van der Waals surface area contributed by atoms with Crippen LogP contribution in [0.3, 0.4) is 0 Å². The van der Waals surface area contributed by atoms with E-state index in [0.717, 1.165) is 18.7 Å². The summed E-state index contributed by atoms with van der Waals surface area (Å²) in [5.74, 6) is -1.12. The van der Waals surface area contributed by atoms with Gasteiger partial charge in [0.1, 0.15) is 18.2 Å². The molecule has 0 saturated carbocycles. The number of carbonyl (C=O) groups excluding carboxylic acids is 1. The van der Waals surface area contributed by atoms with Gasteiger partial charge in [0.2, 0.25) is 0 Å². The lowest BCUT2D eigenvalue weighted by Gasteiger charge is -2.09. The predicted octanol–water partition coefficient (Wildman–Crippen LogP) is 3.14. The summed E-state index contributed by atoms with van der Waals surface area (Å²) in [6.45, 7) is -0.509. The fourth-order valence-electron chi connectivity index (χ4n) is 2.86. The first-order valence-electron chi connectivity index (χ1n) is 8.61. The number of aliphatic hydroxyl groups is 1. The average molecular weight is 408 g/mol. The number of aryl methyl sites for hydroxylation is 1. The molecule has 3 rings (SSSR count). The summed E-state index contributed by atoms with van der Waals surface area (Å²) in [7, 11) is 2.86. The van der Waals surface area contributed by atoms with Crippen LogP contribution in [-0.2, 0) is 11.8 Å². The Kier molecular flexibility index (Phi) is 5.64. The van der Waals surface area contributed by atoms with Crippen LogP contribution in [0.25, 0.3) is 16.6 Å². The third-order valence-electron chi connectivity index (χ3n) is 4.35. The van der Waals surface area contributed by atoms with Crippen LogP contribution in [0.2, 0.25) is 0 Å². The van der Waals surface area contributed by atoms with Crippen molar-refractivity contribution in [1.82, 2.24) is 9.55 Å². The van der Waals surface area contributed by atoms with E-state index < -0.39 is 28.9 Å². The van der Waals surface area contributed by atoms with Gasteiger partial charge in [0.25, 0.3) is 0 Å². The van der Waals surface area contributed by atoms with Crippen LogP contribution in [0, 0.1) is 21.4 Å². The van der Waals surface area contributed by atoms with Gasteiger partial charge >= 0.3 is 11.7 Å². The van der Waals surface area contributed by atoms with Crippen LogP contribution in [0.4, 0.5) is 5.69 Å². The number of aliphatic hydroxyl groups excluding tert-OH is 1. The summed E-state index contributed by atoms with van der Waals surface area (Å²) in [6, 6.07) is 12.6. The smallest absolute Gasteiger partial charge is 0.338 e. The zero-order valence-electron chi connectivity index (χ0n) is 16.0.